The van der Waals surface area contributed by atoms with Gasteiger partial charge in [0.2, 0.25) is 5.91 Å². The number of rotatable bonds is 9. The zero-order chi connectivity index (χ0) is 34.2. The summed E-state index contributed by atoms with van der Waals surface area (Å²) in [5.74, 6) is -0.714. The van der Waals surface area contributed by atoms with E-state index in [0.717, 1.165) is 48.3 Å². The minimum atomic E-state index is -0.939. The summed E-state index contributed by atoms with van der Waals surface area (Å²) >= 11 is 2.74. The summed E-state index contributed by atoms with van der Waals surface area (Å²) in [6.45, 7) is 2.08. The lowest BCUT2D eigenvalue weighted by atomic mass is 9.98. The number of aryl methyl sites for hydroxylation is 1. The molecule has 7 aromatic rings. The highest BCUT2D eigenvalue weighted by Crippen LogP contribution is 2.44. The zero-order valence-electron chi connectivity index (χ0n) is 26.9. The Labute approximate surface area is 295 Å². The van der Waals surface area contributed by atoms with Crippen molar-refractivity contribution < 1.29 is 19.1 Å². The lowest BCUT2D eigenvalue weighted by Crippen LogP contribution is -2.45. The third kappa shape index (κ3) is 6.24. The molecule has 4 aromatic carbocycles. The third-order valence-corrected chi connectivity index (χ3v) is 10.8. The molecular weight excluding hydrogens is 667 g/mol. The molecule has 1 aliphatic rings. The lowest BCUT2D eigenvalue weighted by Gasteiger charge is -2.20. The Hall–Kier alpha value is -5.78. The zero-order valence-corrected chi connectivity index (χ0v) is 28.5. The number of alkyl carbamates (subject to hydrolysis) is 1. The number of ether oxygens (including phenoxy) is 1. The first-order valence-corrected chi connectivity index (χ1v) is 17.8. The van der Waals surface area contributed by atoms with Gasteiger partial charge in [0.05, 0.1) is 15.1 Å². The van der Waals surface area contributed by atoms with Gasteiger partial charge < -0.3 is 20.4 Å². The normalized spacial score (nSPS) is 12.7. The van der Waals surface area contributed by atoms with Crippen LogP contribution in [0.3, 0.4) is 0 Å². The number of fused-ring (bicyclic) bond motifs is 5. The molecule has 0 fully saturated rings. The quantitative estimate of drug-likeness (QED) is 0.120. The van der Waals surface area contributed by atoms with Gasteiger partial charge in [-0.3, -0.25) is 14.9 Å². The summed E-state index contributed by atoms with van der Waals surface area (Å²) in [7, 11) is 0. The maximum atomic E-state index is 13.9. The molecular formula is C39H31N5O4S2. The standard InChI is InChI=1S/C39H31N5O4S2/c1-22-14-17-34(49-22)37(46)44-38-42-32-16-15-24(19-35(32)50-38)41-36(45)33(18-23-20-40-31-13-7-6-8-25(23)31)43-39(47)48-21-30-28-11-4-2-9-26(28)27-10-3-5-12-29(27)30/h2-17,19-20,30,33,40H,18,21H2,1H3,(H,41,45)(H,43,47)(H,42,44,46)/t33-/m0/s1. The molecule has 3 heterocycles. The van der Waals surface area contributed by atoms with E-state index < -0.39 is 18.0 Å². The molecule has 3 aromatic heterocycles. The molecule has 1 atom stereocenters. The van der Waals surface area contributed by atoms with Crippen LogP contribution in [0.1, 0.15) is 37.2 Å². The molecule has 0 unspecified atom stereocenters. The van der Waals surface area contributed by atoms with Gasteiger partial charge in [-0.15, -0.1) is 11.3 Å². The molecule has 9 nitrogen and oxygen atoms in total. The number of H-pyrrole nitrogens is 1. The van der Waals surface area contributed by atoms with E-state index in [9.17, 15) is 14.4 Å². The van der Waals surface area contributed by atoms with Crippen molar-refractivity contribution in [3.63, 3.8) is 0 Å². The highest BCUT2D eigenvalue weighted by Gasteiger charge is 2.30. The van der Waals surface area contributed by atoms with Gasteiger partial charge >= 0.3 is 6.09 Å². The van der Waals surface area contributed by atoms with E-state index >= 15 is 0 Å². The number of para-hydroxylation sites is 1. The molecule has 0 radical (unpaired) electrons. The molecule has 4 N–H and O–H groups in total. The maximum absolute atomic E-state index is 13.9. The van der Waals surface area contributed by atoms with Crippen LogP contribution >= 0.6 is 22.7 Å². The molecule has 1 aliphatic carbocycles. The summed E-state index contributed by atoms with van der Waals surface area (Å²) in [5, 5.41) is 10.1. The van der Waals surface area contributed by atoms with Gasteiger partial charge in [-0.05, 0) is 71.1 Å². The van der Waals surface area contributed by atoms with E-state index in [4.69, 9.17) is 4.74 Å². The first-order chi connectivity index (χ1) is 24.4. The second-order valence-corrected chi connectivity index (χ2v) is 14.5. The summed E-state index contributed by atoms with van der Waals surface area (Å²) in [5.41, 5.74) is 7.55. The minimum Gasteiger partial charge on any atom is -0.449 e. The van der Waals surface area contributed by atoms with Crippen LogP contribution in [-0.2, 0) is 16.0 Å². The van der Waals surface area contributed by atoms with Crippen molar-refractivity contribution in [1.29, 1.82) is 0 Å². The lowest BCUT2D eigenvalue weighted by molar-refractivity contribution is -0.118. The number of hydrogen-bond donors (Lipinski definition) is 4. The fraction of sp³-hybridized carbons (Fsp3) is 0.128. The third-order valence-electron chi connectivity index (χ3n) is 8.89. The first-order valence-electron chi connectivity index (χ1n) is 16.2. The van der Waals surface area contributed by atoms with Crippen molar-refractivity contribution in [2.45, 2.75) is 25.3 Å². The molecule has 0 bridgehead atoms. The topological polar surface area (TPSA) is 125 Å². The predicted molar refractivity (Wildman–Crippen MR) is 199 cm³/mol. The van der Waals surface area contributed by atoms with Crippen molar-refractivity contribution in [1.82, 2.24) is 15.3 Å². The molecule has 248 valence electrons. The molecule has 50 heavy (non-hydrogen) atoms. The van der Waals surface area contributed by atoms with E-state index in [1.807, 2.05) is 73.8 Å². The Morgan fingerprint density at radius 2 is 1.60 bits per heavy atom. The van der Waals surface area contributed by atoms with Gasteiger partial charge in [-0.2, -0.15) is 0 Å². The number of nitrogens with one attached hydrogen (secondary N) is 4. The SMILES string of the molecule is Cc1ccc(C(=O)Nc2nc3ccc(NC(=O)[C@H](Cc4c[nH]c5ccccc45)NC(=O)OCC4c5ccccc5-c5ccccc54)cc3s2)s1. The number of anilines is 2. The second kappa shape index (κ2) is 13.3. The van der Waals surface area contributed by atoms with Crippen LogP contribution in [0.15, 0.2) is 109 Å². The average molecular weight is 698 g/mol. The Bertz CT molecular complexity index is 2360. The average Bonchev–Trinajstić information content (AvgIpc) is 3.91. The number of carbonyl (C=O) groups excluding carboxylic acids is 3. The number of carbonyl (C=O) groups is 3. The molecule has 0 saturated heterocycles. The monoisotopic (exact) mass is 697 g/mol. The van der Waals surface area contributed by atoms with Gasteiger partial charge in [0.1, 0.15) is 12.6 Å². The van der Waals surface area contributed by atoms with Gasteiger partial charge in [-0.1, -0.05) is 78.1 Å². The molecule has 11 heteroatoms. The van der Waals surface area contributed by atoms with Crippen molar-refractivity contribution in [3.8, 4) is 11.1 Å². The Kier molecular flexibility index (Phi) is 8.35. The Morgan fingerprint density at radius 3 is 2.36 bits per heavy atom. The van der Waals surface area contributed by atoms with Crippen LogP contribution in [-0.4, -0.2) is 40.5 Å². The number of benzene rings is 4. The second-order valence-electron chi connectivity index (χ2n) is 12.1. The van der Waals surface area contributed by atoms with Gasteiger partial charge in [0.25, 0.3) is 5.91 Å². The molecule has 0 aliphatic heterocycles. The van der Waals surface area contributed by atoms with Crippen LogP contribution < -0.4 is 16.0 Å². The Morgan fingerprint density at radius 1 is 0.860 bits per heavy atom. The highest BCUT2D eigenvalue weighted by atomic mass is 32.1. The molecule has 0 spiro atoms. The number of thiazole rings is 1. The fourth-order valence-electron chi connectivity index (χ4n) is 6.51. The highest BCUT2D eigenvalue weighted by molar-refractivity contribution is 7.22. The van der Waals surface area contributed by atoms with E-state index in [0.29, 0.717) is 21.2 Å². The predicted octanol–water partition coefficient (Wildman–Crippen LogP) is 8.49. The number of thiophene rings is 1. The van der Waals surface area contributed by atoms with Crippen LogP contribution in [0, 0.1) is 6.92 Å². The van der Waals surface area contributed by atoms with Crippen molar-refractivity contribution in [2.75, 3.05) is 17.2 Å². The van der Waals surface area contributed by atoms with Gasteiger partial charge in [-0.25, -0.2) is 9.78 Å². The van der Waals surface area contributed by atoms with Crippen molar-refractivity contribution in [3.05, 3.63) is 136 Å². The minimum absolute atomic E-state index is 0.107. The summed E-state index contributed by atoms with van der Waals surface area (Å²) < 4.78 is 6.61. The van der Waals surface area contributed by atoms with E-state index in [1.165, 1.54) is 22.7 Å². The Balaban J connectivity index is 0.994. The van der Waals surface area contributed by atoms with Crippen LogP contribution in [0.25, 0.3) is 32.2 Å². The van der Waals surface area contributed by atoms with Gasteiger partial charge in [0.15, 0.2) is 5.13 Å². The number of hydrogen-bond acceptors (Lipinski definition) is 7. The molecule has 3 amide bonds. The fourth-order valence-corrected chi connectivity index (χ4v) is 8.18. The summed E-state index contributed by atoms with van der Waals surface area (Å²) in [6, 6.07) is 32.3. The smallest absolute Gasteiger partial charge is 0.407 e. The molecule has 8 rings (SSSR count). The first kappa shape index (κ1) is 31.5. The molecule has 0 saturated carbocycles. The van der Waals surface area contributed by atoms with Crippen LogP contribution in [0.2, 0.25) is 0 Å². The number of aromatic nitrogens is 2. The van der Waals surface area contributed by atoms with Crippen LogP contribution in [0.4, 0.5) is 15.6 Å². The number of nitrogens with zero attached hydrogens (tertiary/aromatic N) is 1. The number of amides is 3. The largest absolute Gasteiger partial charge is 0.449 e. The maximum Gasteiger partial charge on any atom is 0.407 e. The van der Waals surface area contributed by atoms with Crippen molar-refractivity contribution >= 4 is 72.5 Å². The summed E-state index contributed by atoms with van der Waals surface area (Å²) in [4.78, 5) is 49.4. The van der Waals surface area contributed by atoms with Gasteiger partial charge in [0, 0.05) is 40.0 Å². The van der Waals surface area contributed by atoms with E-state index in [2.05, 4.69) is 50.2 Å². The van der Waals surface area contributed by atoms with Crippen molar-refractivity contribution in [2.24, 2.45) is 0 Å². The van der Waals surface area contributed by atoms with Crippen LogP contribution in [0.5, 0.6) is 0 Å². The number of aromatic amines is 1. The van der Waals surface area contributed by atoms with E-state index in [1.54, 1.807) is 18.2 Å². The summed E-state index contributed by atoms with van der Waals surface area (Å²) in [6.07, 6.45) is 1.42. The van der Waals surface area contributed by atoms with E-state index in [-0.39, 0.29) is 24.9 Å².